The number of rotatable bonds is 7. The molecule has 0 atom stereocenters. The van der Waals surface area contributed by atoms with E-state index in [-0.39, 0.29) is 23.9 Å². The van der Waals surface area contributed by atoms with Gasteiger partial charge in [0.05, 0.1) is 32.0 Å². The van der Waals surface area contributed by atoms with Crippen LogP contribution in [0.4, 0.5) is 11.4 Å². The minimum Gasteiger partial charge on any atom is -0.497 e. The van der Waals surface area contributed by atoms with E-state index >= 15 is 0 Å². The van der Waals surface area contributed by atoms with E-state index in [0.717, 1.165) is 0 Å². The van der Waals surface area contributed by atoms with Gasteiger partial charge in [0, 0.05) is 17.3 Å². The van der Waals surface area contributed by atoms with Crippen molar-refractivity contribution in [2.45, 2.75) is 26.3 Å². The Balaban J connectivity index is 2.05. The first-order chi connectivity index (χ1) is 13.2. The predicted molar refractivity (Wildman–Crippen MR) is 110 cm³/mol. The molecule has 2 aromatic carbocycles. The molecule has 3 N–H and O–H groups in total. The highest BCUT2D eigenvalue weighted by Crippen LogP contribution is 2.29. The number of carbonyl (C=O) groups excluding carboxylic acids is 2. The molecule has 2 rings (SSSR count). The number of benzene rings is 2. The summed E-state index contributed by atoms with van der Waals surface area (Å²) in [5.74, 6) is 0.659. The van der Waals surface area contributed by atoms with Crippen LogP contribution in [0.15, 0.2) is 42.5 Å². The molecule has 0 fully saturated rings. The van der Waals surface area contributed by atoms with Gasteiger partial charge in [-0.1, -0.05) is 12.1 Å². The quantitative estimate of drug-likeness (QED) is 0.681. The summed E-state index contributed by atoms with van der Waals surface area (Å²) >= 11 is 0. The third-order valence-electron chi connectivity index (χ3n) is 3.78. The highest BCUT2D eigenvalue weighted by molar-refractivity contribution is 6.01. The lowest BCUT2D eigenvalue weighted by Crippen LogP contribution is -2.40. The number of hydrogen-bond donors (Lipinski definition) is 3. The maximum Gasteiger partial charge on any atom is 0.253 e. The van der Waals surface area contributed by atoms with Gasteiger partial charge in [0.2, 0.25) is 5.91 Å². The third-order valence-corrected chi connectivity index (χ3v) is 3.78. The lowest BCUT2D eigenvalue weighted by atomic mass is 10.1. The molecule has 0 aromatic heterocycles. The Morgan fingerprint density at radius 2 is 1.68 bits per heavy atom. The van der Waals surface area contributed by atoms with Gasteiger partial charge in [-0.15, -0.1) is 0 Å². The van der Waals surface area contributed by atoms with Gasteiger partial charge in [-0.3, -0.25) is 9.59 Å². The zero-order chi connectivity index (χ0) is 20.7. The predicted octanol–water partition coefficient (Wildman–Crippen LogP) is 3.28. The normalized spacial score (nSPS) is 10.8. The van der Waals surface area contributed by atoms with E-state index in [4.69, 9.17) is 9.47 Å². The molecule has 2 aromatic rings. The molecule has 0 saturated heterocycles. The monoisotopic (exact) mass is 385 g/mol. The fraction of sp³-hybridized carbons (Fsp3) is 0.333. The molecule has 0 aliphatic heterocycles. The Morgan fingerprint density at radius 1 is 0.964 bits per heavy atom. The number of amides is 2. The summed E-state index contributed by atoms with van der Waals surface area (Å²) < 4.78 is 10.4. The highest BCUT2D eigenvalue weighted by Gasteiger charge is 2.18. The molecule has 0 spiro atoms. The summed E-state index contributed by atoms with van der Waals surface area (Å²) in [6.45, 7) is 5.74. The van der Waals surface area contributed by atoms with Crippen molar-refractivity contribution < 1.29 is 19.1 Å². The smallest absolute Gasteiger partial charge is 0.253 e. The summed E-state index contributed by atoms with van der Waals surface area (Å²) in [7, 11) is 3.08. The zero-order valence-corrected chi connectivity index (χ0v) is 16.9. The molecule has 0 bridgehead atoms. The highest BCUT2D eigenvalue weighted by atomic mass is 16.5. The Morgan fingerprint density at radius 3 is 2.32 bits per heavy atom. The first kappa shape index (κ1) is 21.1. The molecule has 150 valence electrons. The molecule has 2 amide bonds. The Bertz CT molecular complexity index is 844. The lowest BCUT2D eigenvalue weighted by molar-refractivity contribution is -0.114. The van der Waals surface area contributed by atoms with Gasteiger partial charge in [-0.05, 0) is 45.0 Å². The molecule has 0 aliphatic rings. The number of carbonyl (C=O) groups is 2. The fourth-order valence-electron chi connectivity index (χ4n) is 2.51. The molecular weight excluding hydrogens is 358 g/mol. The van der Waals surface area contributed by atoms with Crippen LogP contribution in [0.25, 0.3) is 0 Å². The largest absolute Gasteiger partial charge is 0.497 e. The fourth-order valence-corrected chi connectivity index (χ4v) is 2.51. The second-order valence-corrected chi connectivity index (χ2v) is 7.22. The summed E-state index contributed by atoms with van der Waals surface area (Å²) in [6.07, 6.45) is 0. The molecule has 0 unspecified atom stereocenters. The molecule has 0 saturated carbocycles. The number of nitrogens with one attached hydrogen (secondary N) is 3. The molecular formula is C21H27N3O4. The Hall–Kier alpha value is -3.22. The van der Waals surface area contributed by atoms with Crippen molar-refractivity contribution in [2.75, 3.05) is 31.4 Å². The van der Waals surface area contributed by atoms with Crippen LogP contribution >= 0.6 is 0 Å². The number of para-hydroxylation sites is 1. The van der Waals surface area contributed by atoms with E-state index in [2.05, 4.69) is 16.0 Å². The Kier molecular flexibility index (Phi) is 6.87. The van der Waals surface area contributed by atoms with Gasteiger partial charge >= 0.3 is 0 Å². The zero-order valence-electron chi connectivity index (χ0n) is 16.9. The van der Waals surface area contributed by atoms with Gasteiger partial charge < -0.3 is 25.4 Å². The third kappa shape index (κ3) is 5.90. The van der Waals surface area contributed by atoms with Crippen molar-refractivity contribution in [3.8, 4) is 11.5 Å². The second kappa shape index (κ2) is 9.12. The standard InChI is InChI=1S/C21H27N3O4/c1-21(2,3)24-20(26)15-8-6-7-9-16(15)22-13-19(25)23-17-11-10-14(27-4)12-18(17)28-5/h6-12,22H,13H2,1-5H3,(H,23,25)(H,24,26). The average Bonchev–Trinajstić information content (AvgIpc) is 2.65. The summed E-state index contributed by atoms with van der Waals surface area (Å²) in [5, 5.41) is 8.73. The molecule has 7 nitrogen and oxygen atoms in total. The SMILES string of the molecule is COc1ccc(NC(=O)CNc2ccccc2C(=O)NC(C)(C)C)c(OC)c1. The molecule has 7 heteroatoms. The van der Waals surface area contributed by atoms with Crippen LogP contribution in [-0.2, 0) is 4.79 Å². The molecule has 0 heterocycles. The van der Waals surface area contributed by atoms with E-state index in [1.54, 1.807) is 49.6 Å². The summed E-state index contributed by atoms with van der Waals surface area (Å²) in [6, 6.07) is 12.2. The van der Waals surface area contributed by atoms with Crippen LogP contribution in [0, 0.1) is 0 Å². The second-order valence-electron chi connectivity index (χ2n) is 7.22. The van der Waals surface area contributed by atoms with Gasteiger partial charge in [-0.2, -0.15) is 0 Å². The van der Waals surface area contributed by atoms with E-state index in [1.807, 2.05) is 20.8 Å². The van der Waals surface area contributed by atoms with Gasteiger partial charge in [-0.25, -0.2) is 0 Å². The minimum atomic E-state index is -0.355. The van der Waals surface area contributed by atoms with Crippen LogP contribution in [0.1, 0.15) is 31.1 Å². The van der Waals surface area contributed by atoms with Crippen molar-refractivity contribution >= 4 is 23.2 Å². The molecule has 28 heavy (non-hydrogen) atoms. The van der Waals surface area contributed by atoms with Crippen molar-refractivity contribution in [2.24, 2.45) is 0 Å². The van der Waals surface area contributed by atoms with Crippen molar-refractivity contribution in [1.82, 2.24) is 5.32 Å². The van der Waals surface area contributed by atoms with Crippen LogP contribution in [-0.4, -0.2) is 38.1 Å². The summed E-state index contributed by atoms with van der Waals surface area (Å²) in [5.41, 5.74) is 1.24. The first-order valence-corrected chi connectivity index (χ1v) is 8.91. The number of hydrogen-bond acceptors (Lipinski definition) is 5. The van der Waals surface area contributed by atoms with Gasteiger partial charge in [0.1, 0.15) is 11.5 Å². The first-order valence-electron chi connectivity index (χ1n) is 8.91. The average molecular weight is 385 g/mol. The number of ether oxygens (including phenoxy) is 2. The van der Waals surface area contributed by atoms with E-state index in [9.17, 15) is 9.59 Å². The lowest BCUT2D eigenvalue weighted by Gasteiger charge is -2.21. The van der Waals surface area contributed by atoms with Crippen LogP contribution in [0.2, 0.25) is 0 Å². The van der Waals surface area contributed by atoms with Crippen LogP contribution < -0.4 is 25.4 Å². The van der Waals surface area contributed by atoms with Crippen molar-refractivity contribution in [3.05, 3.63) is 48.0 Å². The maximum absolute atomic E-state index is 12.5. The molecule has 0 radical (unpaired) electrons. The van der Waals surface area contributed by atoms with Crippen molar-refractivity contribution in [1.29, 1.82) is 0 Å². The minimum absolute atomic E-state index is 0.00497. The topological polar surface area (TPSA) is 88.7 Å². The Labute approximate surface area is 165 Å². The number of anilines is 2. The van der Waals surface area contributed by atoms with E-state index in [1.165, 1.54) is 7.11 Å². The van der Waals surface area contributed by atoms with Crippen molar-refractivity contribution in [3.63, 3.8) is 0 Å². The van der Waals surface area contributed by atoms with Crippen LogP contribution in [0.5, 0.6) is 11.5 Å². The van der Waals surface area contributed by atoms with Crippen LogP contribution in [0.3, 0.4) is 0 Å². The van der Waals surface area contributed by atoms with E-state index < -0.39 is 0 Å². The molecule has 0 aliphatic carbocycles. The van der Waals surface area contributed by atoms with E-state index in [0.29, 0.717) is 28.4 Å². The maximum atomic E-state index is 12.5. The summed E-state index contributed by atoms with van der Waals surface area (Å²) in [4.78, 5) is 24.8. The number of methoxy groups -OCH3 is 2. The van der Waals surface area contributed by atoms with Gasteiger partial charge in [0.25, 0.3) is 5.91 Å². The van der Waals surface area contributed by atoms with Gasteiger partial charge in [0.15, 0.2) is 0 Å².